The zero-order valence-corrected chi connectivity index (χ0v) is 8.78. The molecule has 3 heteroatoms. The number of hydrogen-bond acceptors (Lipinski definition) is 3. The molecule has 4 N–H and O–H groups in total. The minimum Gasteiger partial charge on any atom is -0.507 e. The van der Waals surface area contributed by atoms with Crippen LogP contribution >= 0.6 is 0 Å². The van der Waals surface area contributed by atoms with Crippen LogP contribution in [-0.4, -0.2) is 16.3 Å². The molecule has 0 bridgehead atoms. The second kappa shape index (κ2) is 3.98. The smallest absolute Gasteiger partial charge is 0.123 e. The summed E-state index contributed by atoms with van der Waals surface area (Å²) in [4.78, 5) is 0. The summed E-state index contributed by atoms with van der Waals surface area (Å²) in [5.41, 5.74) is 8.12. The Morgan fingerprint density at radius 2 is 1.71 bits per heavy atom. The number of aryl methyl sites for hydroxylation is 2. The maximum atomic E-state index is 9.81. The van der Waals surface area contributed by atoms with Gasteiger partial charge >= 0.3 is 0 Å². The Morgan fingerprint density at radius 3 is 2.21 bits per heavy atom. The molecule has 0 aliphatic heterocycles. The van der Waals surface area contributed by atoms with Gasteiger partial charge in [-0.05, 0) is 31.9 Å². The Bertz CT molecular complexity index is 334. The van der Waals surface area contributed by atoms with Crippen LogP contribution in [0.2, 0.25) is 0 Å². The summed E-state index contributed by atoms with van der Waals surface area (Å²) >= 11 is 0. The normalized spacial score (nSPS) is 15.2. The van der Waals surface area contributed by atoms with Crippen molar-refractivity contribution in [1.82, 2.24) is 0 Å². The quantitative estimate of drug-likeness (QED) is 0.668. The standard InChI is InChI=1S/C11H17NO2/c1-6-4-5-7(2)11(14)9(6)10(12)8(3)13/h4-5,8,10,13-14H,12H2,1-3H3. The van der Waals surface area contributed by atoms with Crippen molar-refractivity contribution in [2.45, 2.75) is 32.9 Å². The molecule has 0 fully saturated rings. The molecule has 0 aromatic heterocycles. The van der Waals surface area contributed by atoms with Crippen LogP contribution in [0.3, 0.4) is 0 Å². The van der Waals surface area contributed by atoms with Crippen LogP contribution in [0.25, 0.3) is 0 Å². The van der Waals surface area contributed by atoms with Crippen LogP contribution in [0, 0.1) is 13.8 Å². The van der Waals surface area contributed by atoms with Gasteiger partial charge in [-0.15, -0.1) is 0 Å². The Hall–Kier alpha value is -1.06. The highest BCUT2D eigenvalue weighted by molar-refractivity contribution is 5.46. The van der Waals surface area contributed by atoms with Gasteiger partial charge in [0, 0.05) is 5.56 Å². The number of aliphatic hydroxyl groups is 1. The van der Waals surface area contributed by atoms with E-state index in [-0.39, 0.29) is 5.75 Å². The van der Waals surface area contributed by atoms with E-state index in [0.29, 0.717) is 5.56 Å². The lowest BCUT2D eigenvalue weighted by molar-refractivity contribution is 0.162. The number of rotatable bonds is 2. The van der Waals surface area contributed by atoms with E-state index >= 15 is 0 Å². The monoisotopic (exact) mass is 195 g/mol. The van der Waals surface area contributed by atoms with E-state index in [1.807, 2.05) is 26.0 Å². The van der Waals surface area contributed by atoms with Crippen LogP contribution in [0.5, 0.6) is 5.75 Å². The zero-order chi connectivity index (χ0) is 10.9. The molecule has 78 valence electrons. The third kappa shape index (κ3) is 1.89. The third-order valence-electron chi connectivity index (χ3n) is 2.49. The molecule has 2 atom stereocenters. The van der Waals surface area contributed by atoms with Gasteiger partial charge in [0.05, 0.1) is 12.1 Å². The number of benzene rings is 1. The van der Waals surface area contributed by atoms with Crippen LogP contribution in [0.4, 0.5) is 0 Å². The molecule has 0 saturated heterocycles. The average molecular weight is 195 g/mol. The first-order valence-electron chi connectivity index (χ1n) is 4.68. The fourth-order valence-electron chi connectivity index (χ4n) is 1.48. The minimum atomic E-state index is -0.665. The predicted octanol–water partition coefficient (Wildman–Crippen LogP) is 1.39. The largest absolute Gasteiger partial charge is 0.507 e. The van der Waals surface area contributed by atoms with Gasteiger partial charge in [-0.2, -0.15) is 0 Å². The third-order valence-corrected chi connectivity index (χ3v) is 2.49. The zero-order valence-electron chi connectivity index (χ0n) is 8.78. The van der Waals surface area contributed by atoms with E-state index < -0.39 is 12.1 Å². The van der Waals surface area contributed by atoms with Crippen LogP contribution in [-0.2, 0) is 0 Å². The topological polar surface area (TPSA) is 66.5 Å². The van der Waals surface area contributed by atoms with Gasteiger partial charge in [0.25, 0.3) is 0 Å². The first-order chi connectivity index (χ1) is 6.45. The van der Waals surface area contributed by atoms with Crippen molar-refractivity contribution < 1.29 is 10.2 Å². The minimum absolute atomic E-state index is 0.193. The van der Waals surface area contributed by atoms with Crippen molar-refractivity contribution in [2.75, 3.05) is 0 Å². The van der Waals surface area contributed by atoms with E-state index in [1.165, 1.54) is 0 Å². The van der Waals surface area contributed by atoms with Gasteiger partial charge in [0.2, 0.25) is 0 Å². The van der Waals surface area contributed by atoms with E-state index in [1.54, 1.807) is 6.92 Å². The molecule has 2 unspecified atom stereocenters. The second-order valence-electron chi connectivity index (χ2n) is 3.73. The second-order valence-corrected chi connectivity index (χ2v) is 3.73. The predicted molar refractivity (Wildman–Crippen MR) is 56.2 cm³/mol. The molecule has 0 spiro atoms. The molecule has 14 heavy (non-hydrogen) atoms. The molecule has 0 aliphatic rings. The van der Waals surface area contributed by atoms with Crippen molar-refractivity contribution in [3.05, 3.63) is 28.8 Å². The molecule has 0 radical (unpaired) electrons. The van der Waals surface area contributed by atoms with Crippen molar-refractivity contribution in [3.8, 4) is 5.75 Å². The summed E-state index contributed by atoms with van der Waals surface area (Å²) in [6.45, 7) is 5.30. The molecular formula is C11H17NO2. The molecule has 1 aromatic carbocycles. The van der Waals surface area contributed by atoms with Crippen LogP contribution < -0.4 is 5.73 Å². The van der Waals surface area contributed by atoms with Crippen molar-refractivity contribution in [1.29, 1.82) is 0 Å². The molecule has 0 heterocycles. The highest BCUT2D eigenvalue weighted by Gasteiger charge is 2.19. The van der Waals surface area contributed by atoms with Crippen molar-refractivity contribution in [2.24, 2.45) is 5.73 Å². The van der Waals surface area contributed by atoms with Gasteiger partial charge < -0.3 is 15.9 Å². The van der Waals surface area contributed by atoms with Gasteiger partial charge in [0.15, 0.2) is 0 Å². The van der Waals surface area contributed by atoms with Gasteiger partial charge in [-0.25, -0.2) is 0 Å². The number of nitrogens with two attached hydrogens (primary N) is 1. The van der Waals surface area contributed by atoms with E-state index in [4.69, 9.17) is 5.73 Å². The lowest BCUT2D eigenvalue weighted by Crippen LogP contribution is -2.24. The van der Waals surface area contributed by atoms with Crippen molar-refractivity contribution in [3.63, 3.8) is 0 Å². The number of aromatic hydroxyl groups is 1. The van der Waals surface area contributed by atoms with E-state index in [2.05, 4.69) is 0 Å². The van der Waals surface area contributed by atoms with Crippen LogP contribution in [0.1, 0.15) is 29.7 Å². The molecule has 0 saturated carbocycles. The first kappa shape index (κ1) is 11.0. The summed E-state index contributed by atoms with van der Waals surface area (Å²) in [5, 5.41) is 19.2. The van der Waals surface area contributed by atoms with Crippen LogP contribution in [0.15, 0.2) is 12.1 Å². The Balaban J connectivity index is 3.25. The molecule has 1 aromatic rings. The molecule has 3 nitrogen and oxygen atoms in total. The summed E-state index contributed by atoms with van der Waals surface area (Å²) in [6, 6.07) is 3.20. The molecule has 0 aliphatic carbocycles. The fraction of sp³-hybridized carbons (Fsp3) is 0.455. The fourth-order valence-corrected chi connectivity index (χ4v) is 1.48. The van der Waals surface area contributed by atoms with Gasteiger partial charge in [-0.3, -0.25) is 0 Å². The Morgan fingerprint density at radius 1 is 1.21 bits per heavy atom. The van der Waals surface area contributed by atoms with Crippen molar-refractivity contribution >= 4 is 0 Å². The summed E-state index contributed by atoms with van der Waals surface area (Å²) < 4.78 is 0. The molecular weight excluding hydrogens is 178 g/mol. The summed E-state index contributed by atoms with van der Waals surface area (Å²) in [6.07, 6.45) is -0.665. The SMILES string of the molecule is Cc1ccc(C)c(C(N)C(C)O)c1O. The Kier molecular flexibility index (Phi) is 3.13. The van der Waals surface area contributed by atoms with Gasteiger partial charge in [-0.1, -0.05) is 12.1 Å². The number of aliphatic hydroxyl groups excluding tert-OH is 1. The number of phenolic OH excluding ortho intramolecular Hbond substituents is 1. The lowest BCUT2D eigenvalue weighted by Gasteiger charge is -2.19. The first-order valence-corrected chi connectivity index (χ1v) is 4.68. The summed E-state index contributed by atoms with van der Waals surface area (Å²) in [5.74, 6) is 0.193. The Labute approximate surface area is 84.2 Å². The highest BCUT2D eigenvalue weighted by atomic mass is 16.3. The van der Waals surface area contributed by atoms with Gasteiger partial charge in [0.1, 0.15) is 5.75 Å². The summed E-state index contributed by atoms with van der Waals surface area (Å²) in [7, 11) is 0. The lowest BCUT2D eigenvalue weighted by atomic mass is 9.95. The maximum absolute atomic E-state index is 9.81. The number of hydrogen-bond donors (Lipinski definition) is 3. The maximum Gasteiger partial charge on any atom is 0.123 e. The van der Waals surface area contributed by atoms with E-state index in [0.717, 1.165) is 11.1 Å². The number of phenols is 1. The highest BCUT2D eigenvalue weighted by Crippen LogP contribution is 2.30. The molecule has 0 amide bonds. The molecule has 1 rings (SSSR count). The van der Waals surface area contributed by atoms with E-state index in [9.17, 15) is 10.2 Å². The average Bonchev–Trinajstić information content (AvgIpc) is 2.12.